The highest BCUT2D eigenvalue weighted by Crippen LogP contribution is 2.09. The van der Waals surface area contributed by atoms with Crippen LogP contribution in [0.2, 0.25) is 0 Å². The van der Waals surface area contributed by atoms with E-state index in [1.54, 1.807) is 0 Å². The second-order valence-corrected chi connectivity index (χ2v) is 6.37. The summed E-state index contributed by atoms with van der Waals surface area (Å²) in [5, 5.41) is 3.44. The molecule has 2 rings (SSSR count). The Hall–Kier alpha value is -0.880. The van der Waals surface area contributed by atoms with E-state index in [9.17, 15) is 0 Å². The maximum Gasteiger partial charge on any atom is 0.122 e. The largest absolute Gasteiger partial charge is 0.329 e. The standard InChI is InChI=1S/C15H20IN3/c1-12(2)9-17-10-15-18-7-8-19(15)11-13-3-5-14(16)6-4-13/h3-8,12,17H,9-11H2,1-2H3. The summed E-state index contributed by atoms with van der Waals surface area (Å²) < 4.78 is 3.47. The van der Waals surface area contributed by atoms with Gasteiger partial charge < -0.3 is 9.88 Å². The first-order valence-corrected chi connectivity index (χ1v) is 7.68. The second-order valence-electron chi connectivity index (χ2n) is 5.12. The van der Waals surface area contributed by atoms with Crippen LogP contribution in [0, 0.1) is 9.49 Å². The number of halogens is 1. The van der Waals surface area contributed by atoms with E-state index in [2.05, 4.69) is 75.6 Å². The van der Waals surface area contributed by atoms with Crippen molar-refractivity contribution in [3.63, 3.8) is 0 Å². The molecule has 0 aliphatic rings. The van der Waals surface area contributed by atoms with Crippen LogP contribution >= 0.6 is 22.6 Å². The molecule has 1 aromatic heterocycles. The highest BCUT2D eigenvalue weighted by Gasteiger charge is 2.03. The van der Waals surface area contributed by atoms with E-state index in [-0.39, 0.29) is 0 Å². The molecule has 3 nitrogen and oxygen atoms in total. The van der Waals surface area contributed by atoms with Gasteiger partial charge in [0, 0.05) is 22.5 Å². The van der Waals surface area contributed by atoms with Crippen molar-refractivity contribution in [3.8, 4) is 0 Å². The number of nitrogens with one attached hydrogen (secondary N) is 1. The van der Waals surface area contributed by atoms with Crippen molar-refractivity contribution in [1.29, 1.82) is 0 Å². The minimum absolute atomic E-state index is 0.666. The molecule has 2 aromatic rings. The van der Waals surface area contributed by atoms with E-state index >= 15 is 0 Å². The summed E-state index contributed by atoms with van der Waals surface area (Å²) in [6.45, 7) is 7.16. The van der Waals surface area contributed by atoms with E-state index < -0.39 is 0 Å². The van der Waals surface area contributed by atoms with Gasteiger partial charge in [-0.3, -0.25) is 0 Å². The van der Waals surface area contributed by atoms with Gasteiger partial charge in [0.05, 0.1) is 6.54 Å². The predicted molar refractivity (Wildman–Crippen MR) is 87.0 cm³/mol. The highest BCUT2D eigenvalue weighted by molar-refractivity contribution is 14.1. The van der Waals surface area contributed by atoms with E-state index in [0.29, 0.717) is 5.92 Å². The summed E-state index contributed by atoms with van der Waals surface area (Å²) >= 11 is 2.33. The number of nitrogens with zero attached hydrogens (tertiary/aromatic N) is 2. The molecule has 0 saturated carbocycles. The fourth-order valence-corrected chi connectivity index (χ4v) is 2.27. The first-order chi connectivity index (χ1) is 9.15. The summed E-state index contributed by atoms with van der Waals surface area (Å²) in [5.41, 5.74) is 1.31. The van der Waals surface area contributed by atoms with Crippen LogP contribution < -0.4 is 5.32 Å². The number of imidazole rings is 1. The Labute approximate surface area is 128 Å². The fraction of sp³-hybridized carbons (Fsp3) is 0.400. The average Bonchev–Trinajstić information content (AvgIpc) is 2.79. The predicted octanol–water partition coefficient (Wildman–Crippen LogP) is 3.28. The summed E-state index contributed by atoms with van der Waals surface area (Å²) in [4.78, 5) is 4.43. The van der Waals surface area contributed by atoms with Crippen LogP contribution in [0.15, 0.2) is 36.7 Å². The topological polar surface area (TPSA) is 29.9 Å². The lowest BCUT2D eigenvalue weighted by atomic mass is 10.2. The van der Waals surface area contributed by atoms with E-state index in [4.69, 9.17) is 0 Å². The molecule has 0 fully saturated rings. The maximum atomic E-state index is 4.43. The molecule has 19 heavy (non-hydrogen) atoms. The quantitative estimate of drug-likeness (QED) is 0.792. The van der Waals surface area contributed by atoms with Gasteiger partial charge in [-0.25, -0.2) is 4.98 Å². The van der Waals surface area contributed by atoms with E-state index in [1.807, 2.05) is 12.4 Å². The Balaban J connectivity index is 1.97. The fourth-order valence-electron chi connectivity index (χ4n) is 1.91. The Kier molecular flexibility index (Phi) is 5.39. The van der Waals surface area contributed by atoms with Crippen molar-refractivity contribution in [2.75, 3.05) is 6.54 Å². The molecule has 1 heterocycles. The zero-order valence-corrected chi connectivity index (χ0v) is 13.6. The second kappa shape index (κ2) is 7.05. The average molecular weight is 369 g/mol. The molecule has 0 atom stereocenters. The van der Waals surface area contributed by atoms with Crippen molar-refractivity contribution >= 4 is 22.6 Å². The van der Waals surface area contributed by atoms with Crippen LogP contribution in [0.3, 0.4) is 0 Å². The monoisotopic (exact) mass is 369 g/mol. The molecule has 1 N–H and O–H groups in total. The molecular weight excluding hydrogens is 349 g/mol. The summed E-state index contributed by atoms with van der Waals surface area (Å²) in [6.07, 6.45) is 3.92. The van der Waals surface area contributed by atoms with Crippen molar-refractivity contribution in [2.24, 2.45) is 5.92 Å². The van der Waals surface area contributed by atoms with Crippen molar-refractivity contribution < 1.29 is 0 Å². The minimum Gasteiger partial charge on any atom is -0.329 e. The summed E-state index contributed by atoms with van der Waals surface area (Å²) in [5.74, 6) is 1.76. The Morgan fingerprint density at radius 2 is 2.00 bits per heavy atom. The van der Waals surface area contributed by atoms with Crippen LogP contribution in [-0.2, 0) is 13.1 Å². The molecule has 0 spiro atoms. The van der Waals surface area contributed by atoms with Gasteiger partial charge in [0.1, 0.15) is 5.82 Å². The first-order valence-electron chi connectivity index (χ1n) is 6.60. The lowest BCUT2D eigenvalue weighted by molar-refractivity contribution is 0.533. The van der Waals surface area contributed by atoms with Crippen LogP contribution in [0.4, 0.5) is 0 Å². The van der Waals surface area contributed by atoms with E-state index in [0.717, 1.165) is 25.5 Å². The molecule has 0 unspecified atom stereocenters. The van der Waals surface area contributed by atoms with Crippen LogP contribution in [-0.4, -0.2) is 16.1 Å². The van der Waals surface area contributed by atoms with Gasteiger partial charge in [-0.1, -0.05) is 26.0 Å². The van der Waals surface area contributed by atoms with Gasteiger partial charge in [-0.2, -0.15) is 0 Å². The number of hydrogen-bond acceptors (Lipinski definition) is 2. The van der Waals surface area contributed by atoms with Gasteiger partial charge in [0.15, 0.2) is 0 Å². The van der Waals surface area contributed by atoms with E-state index in [1.165, 1.54) is 9.13 Å². The Bertz CT molecular complexity index is 502. The third-order valence-corrected chi connectivity index (χ3v) is 3.62. The van der Waals surface area contributed by atoms with Gasteiger partial charge in [-0.15, -0.1) is 0 Å². The first kappa shape index (κ1) is 14.5. The number of benzene rings is 1. The number of rotatable bonds is 6. The van der Waals surface area contributed by atoms with Crippen molar-refractivity contribution in [1.82, 2.24) is 14.9 Å². The normalized spacial score (nSPS) is 11.2. The van der Waals surface area contributed by atoms with Gasteiger partial charge in [-0.05, 0) is 52.7 Å². The molecule has 1 aromatic carbocycles. The zero-order valence-electron chi connectivity index (χ0n) is 11.4. The summed E-state index contributed by atoms with van der Waals surface area (Å²) in [6, 6.07) is 8.63. The van der Waals surface area contributed by atoms with Crippen molar-refractivity contribution in [3.05, 3.63) is 51.6 Å². The lowest BCUT2D eigenvalue weighted by Crippen LogP contribution is -2.21. The molecule has 102 valence electrons. The Morgan fingerprint density at radius 1 is 1.26 bits per heavy atom. The molecular formula is C15H20IN3. The lowest BCUT2D eigenvalue weighted by Gasteiger charge is -2.10. The molecule has 0 aliphatic heterocycles. The van der Waals surface area contributed by atoms with Gasteiger partial charge in [0.2, 0.25) is 0 Å². The summed E-state index contributed by atoms with van der Waals surface area (Å²) in [7, 11) is 0. The van der Waals surface area contributed by atoms with Crippen LogP contribution in [0.25, 0.3) is 0 Å². The van der Waals surface area contributed by atoms with Gasteiger partial charge >= 0.3 is 0 Å². The SMILES string of the molecule is CC(C)CNCc1nccn1Cc1ccc(I)cc1. The molecule has 0 amide bonds. The zero-order chi connectivity index (χ0) is 13.7. The highest BCUT2D eigenvalue weighted by atomic mass is 127. The molecule has 0 aliphatic carbocycles. The Morgan fingerprint density at radius 3 is 2.68 bits per heavy atom. The van der Waals surface area contributed by atoms with Gasteiger partial charge in [0.25, 0.3) is 0 Å². The third-order valence-electron chi connectivity index (χ3n) is 2.90. The smallest absolute Gasteiger partial charge is 0.122 e. The van der Waals surface area contributed by atoms with Crippen LogP contribution in [0.5, 0.6) is 0 Å². The minimum atomic E-state index is 0.666. The molecule has 4 heteroatoms. The van der Waals surface area contributed by atoms with Crippen LogP contribution in [0.1, 0.15) is 25.2 Å². The van der Waals surface area contributed by atoms with Crippen molar-refractivity contribution in [2.45, 2.75) is 26.9 Å². The maximum absolute atomic E-state index is 4.43. The molecule has 0 saturated heterocycles. The number of hydrogen-bond donors (Lipinski definition) is 1. The number of aromatic nitrogens is 2. The molecule has 0 radical (unpaired) electrons. The molecule has 0 bridgehead atoms. The third kappa shape index (κ3) is 4.62.